The summed E-state index contributed by atoms with van der Waals surface area (Å²) in [6.07, 6.45) is 0.996. The maximum atomic E-state index is 13.6. The third-order valence-electron chi connectivity index (χ3n) is 5.84. The van der Waals surface area contributed by atoms with Gasteiger partial charge in [-0.25, -0.2) is 9.37 Å². The number of halogens is 1. The number of carbonyl (C=O) groups excluding carboxylic acids is 2. The number of aromatic nitrogens is 1. The molecule has 0 unspecified atom stereocenters. The molecule has 3 atom stereocenters. The van der Waals surface area contributed by atoms with Gasteiger partial charge in [0.05, 0.1) is 19.2 Å². The van der Waals surface area contributed by atoms with Crippen molar-refractivity contribution < 1.29 is 28.6 Å². The molecule has 0 fully saturated rings. The highest BCUT2D eigenvalue weighted by Crippen LogP contribution is 2.27. The van der Waals surface area contributed by atoms with Crippen LogP contribution in [-0.4, -0.2) is 84.3 Å². The number of aliphatic hydroxyl groups excluding tert-OH is 1. The quantitative estimate of drug-likeness (QED) is 0.634. The first kappa shape index (κ1) is 26.1. The van der Waals surface area contributed by atoms with Gasteiger partial charge >= 0.3 is 0 Å². The fourth-order valence-electron chi connectivity index (χ4n) is 3.79. The van der Waals surface area contributed by atoms with E-state index in [0.29, 0.717) is 12.1 Å². The molecule has 9 heteroatoms. The van der Waals surface area contributed by atoms with Gasteiger partial charge in [0.25, 0.3) is 11.8 Å². The van der Waals surface area contributed by atoms with Crippen LogP contribution in [0.25, 0.3) is 0 Å². The van der Waals surface area contributed by atoms with E-state index in [1.165, 1.54) is 36.4 Å². The van der Waals surface area contributed by atoms with Gasteiger partial charge < -0.3 is 24.4 Å². The first-order valence-corrected chi connectivity index (χ1v) is 11.3. The van der Waals surface area contributed by atoms with E-state index in [-0.39, 0.29) is 54.5 Å². The Morgan fingerprint density at radius 3 is 2.89 bits per heavy atom. The predicted octanol–water partition coefficient (Wildman–Crippen LogP) is 2.21. The number of carbonyl (C=O) groups is 2. The number of aliphatic hydroxyl groups is 1. The first-order valence-electron chi connectivity index (χ1n) is 11.3. The highest BCUT2D eigenvalue weighted by Gasteiger charge is 2.34. The van der Waals surface area contributed by atoms with Crippen molar-refractivity contribution in [3.63, 3.8) is 0 Å². The molecule has 1 aliphatic rings. The Morgan fingerprint density at radius 1 is 1.43 bits per heavy atom. The molecule has 8 nitrogen and oxygen atoms in total. The van der Waals surface area contributed by atoms with E-state index in [9.17, 15) is 19.1 Å². The molecule has 1 aromatic carbocycles. The van der Waals surface area contributed by atoms with Crippen molar-refractivity contribution in [2.45, 2.75) is 26.0 Å². The van der Waals surface area contributed by atoms with E-state index < -0.39 is 18.0 Å². The Kier molecular flexibility index (Phi) is 8.79. The number of hydrogen-bond acceptors (Lipinski definition) is 6. The summed E-state index contributed by atoms with van der Waals surface area (Å²) in [4.78, 5) is 33.7. The lowest BCUT2D eigenvalue weighted by Crippen LogP contribution is -2.50. The van der Waals surface area contributed by atoms with Crippen LogP contribution in [-0.2, 0) is 4.74 Å². The van der Waals surface area contributed by atoms with Gasteiger partial charge in [-0.05, 0) is 31.2 Å². The Hall–Kier alpha value is -3.48. The summed E-state index contributed by atoms with van der Waals surface area (Å²) in [6.45, 7) is 4.18. The summed E-state index contributed by atoms with van der Waals surface area (Å²) in [7, 11) is 3.15. The lowest BCUT2D eigenvalue weighted by atomic mass is 9.99. The molecule has 186 valence electrons. The van der Waals surface area contributed by atoms with Crippen molar-refractivity contribution >= 4 is 11.8 Å². The fourth-order valence-corrected chi connectivity index (χ4v) is 3.79. The highest BCUT2D eigenvalue weighted by atomic mass is 19.1. The summed E-state index contributed by atoms with van der Waals surface area (Å²) in [5, 5.41) is 9.77. The molecular weight excluding hydrogens is 453 g/mol. The SMILES string of the molecule is COCC#Cc1cnc2c(c1)C(=O)N([C@@H](C)CO)C[C@H](C)[C@H](CN(C)C(=O)c1cccc(F)c1)O2. The molecule has 1 N–H and O–H groups in total. The van der Waals surface area contributed by atoms with Crippen molar-refractivity contribution in [2.24, 2.45) is 5.92 Å². The van der Waals surface area contributed by atoms with Crippen LogP contribution in [0.1, 0.15) is 40.1 Å². The molecule has 0 saturated carbocycles. The van der Waals surface area contributed by atoms with Crippen LogP contribution in [0, 0.1) is 23.6 Å². The molecule has 1 aliphatic heterocycles. The van der Waals surface area contributed by atoms with Gasteiger partial charge in [0, 0.05) is 43.9 Å². The number of methoxy groups -OCH3 is 1. The predicted molar refractivity (Wildman–Crippen MR) is 128 cm³/mol. The molecule has 0 bridgehead atoms. The number of likely N-dealkylation sites (N-methyl/N-ethyl adjacent to an activating group) is 1. The van der Waals surface area contributed by atoms with Crippen molar-refractivity contribution in [3.8, 4) is 17.7 Å². The fraction of sp³-hybridized carbons (Fsp3) is 0.423. The van der Waals surface area contributed by atoms with Gasteiger partial charge in [-0.15, -0.1) is 0 Å². The first-order chi connectivity index (χ1) is 16.7. The summed E-state index contributed by atoms with van der Waals surface area (Å²) in [6, 6.07) is 6.68. The molecule has 0 saturated heterocycles. The minimum absolute atomic E-state index is 0.130. The Bertz CT molecular complexity index is 1130. The van der Waals surface area contributed by atoms with Gasteiger partial charge in [0.1, 0.15) is 24.1 Å². The number of rotatable bonds is 6. The molecule has 2 heterocycles. The Morgan fingerprint density at radius 2 is 2.20 bits per heavy atom. The van der Waals surface area contributed by atoms with E-state index in [2.05, 4.69) is 16.8 Å². The smallest absolute Gasteiger partial charge is 0.259 e. The molecule has 1 aromatic heterocycles. The number of fused-ring (bicyclic) bond motifs is 1. The van der Waals surface area contributed by atoms with Crippen LogP contribution < -0.4 is 4.74 Å². The van der Waals surface area contributed by atoms with Crippen molar-refractivity contribution in [1.82, 2.24) is 14.8 Å². The van der Waals surface area contributed by atoms with E-state index in [1.54, 1.807) is 31.0 Å². The van der Waals surface area contributed by atoms with E-state index in [1.807, 2.05) is 6.92 Å². The minimum atomic E-state index is -0.518. The second-order valence-corrected chi connectivity index (χ2v) is 8.63. The molecular formula is C26H30FN3O5. The van der Waals surface area contributed by atoms with Crippen LogP contribution in [0.5, 0.6) is 5.88 Å². The number of benzene rings is 1. The van der Waals surface area contributed by atoms with Gasteiger partial charge in [-0.3, -0.25) is 9.59 Å². The largest absolute Gasteiger partial charge is 0.472 e. The number of nitrogens with zero attached hydrogens (tertiary/aromatic N) is 3. The zero-order valence-corrected chi connectivity index (χ0v) is 20.3. The second-order valence-electron chi connectivity index (χ2n) is 8.63. The van der Waals surface area contributed by atoms with E-state index in [4.69, 9.17) is 9.47 Å². The molecule has 0 aliphatic carbocycles. The molecule has 0 radical (unpaired) electrons. The lowest BCUT2D eigenvalue weighted by molar-refractivity contribution is 0.0313. The molecule has 2 aromatic rings. The van der Waals surface area contributed by atoms with Gasteiger partial charge in [-0.1, -0.05) is 24.8 Å². The van der Waals surface area contributed by atoms with Crippen LogP contribution in [0.4, 0.5) is 4.39 Å². The monoisotopic (exact) mass is 483 g/mol. The summed E-state index contributed by atoms with van der Waals surface area (Å²) in [5.74, 6) is 4.50. The van der Waals surface area contributed by atoms with Crippen molar-refractivity contribution in [1.29, 1.82) is 0 Å². The third-order valence-corrected chi connectivity index (χ3v) is 5.84. The molecule has 2 amide bonds. The van der Waals surface area contributed by atoms with Crippen LogP contribution in [0.3, 0.4) is 0 Å². The summed E-state index contributed by atoms with van der Waals surface area (Å²) < 4.78 is 24.7. The summed E-state index contributed by atoms with van der Waals surface area (Å²) in [5.41, 5.74) is 0.984. The van der Waals surface area contributed by atoms with Crippen LogP contribution in [0.2, 0.25) is 0 Å². The maximum absolute atomic E-state index is 13.6. The zero-order chi connectivity index (χ0) is 25.5. The maximum Gasteiger partial charge on any atom is 0.259 e. The van der Waals surface area contributed by atoms with E-state index in [0.717, 1.165) is 0 Å². The normalized spacial score (nSPS) is 18.3. The van der Waals surface area contributed by atoms with Crippen LogP contribution >= 0.6 is 0 Å². The van der Waals surface area contributed by atoms with Crippen LogP contribution in [0.15, 0.2) is 36.5 Å². The molecule has 3 rings (SSSR count). The number of ether oxygens (including phenoxy) is 2. The van der Waals surface area contributed by atoms with Crippen molar-refractivity contribution in [2.75, 3.05) is 40.5 Å². The number of amides is 2. The van der Waals surface area contributed by atoms with Gasteiger partial charge in [0.15, 0.2) is 0 Å². The molecule has 35 heavy (non-hydrogen) atoms. The topological polar surface area (TPSA) is 92.2 Å². The second kappa shape index (κ2) is 11.8. The average Bonchev–Trinajstić information content (AvgIpc) is 2.85. The number of hydrogen-bond donors (Lipinski definition) is 1. The van der Waals surface area contributed by atoms with E-state index >= 15 is 0 Å². The Balaban J connectivity index is 1.93. The highest BCUT2D eigenvalue weighted by molar-refractivity contribution is 5.97. The lowest BCUT2D eigenvalue weighted by Gasteiger charge is -2.37. The van der Waals surface area contributed by atoms with Crippen molar-refractivity contribution in [3.05, 3.63) is 59.0 Å². The van der Waals surface area contributed by atoms with Gasteiger partial charge in [-0.2, -0.15) is 0 Å². The number of pyridine rings is 1. The zero-order valence-electron chi connectivity index (χ0n) is 20.3. The minimum Gasteiger partial charge on any atom is -0.472 e. The standard InChI is InChI=1S/C26H30FN3O5/c1-17-14-30(18(2)16-31)26(33)22-11-19(7-6-10-34-4)13-28-24(22)35-23(17)15-29(3)25(32)20-8-5-9-21(27)12-20/h5,8-9,11-13,17-18,23,31H,10,14-16H2,1-4H3/t17-,18-,23-/m0/s1. The third kappa shape index (κ3) is 6.35. The van der Waals surface area contributed by atoms with Gasteiger partial charge in [0.2, 0.25) is 5.88 Å². The summed E-state index contributed by atoms with van der Waals surface area (Å²) >= 11 is 0. The molecule has 0 spiro atoms. The average molecular weight is 484 g/mol. The Labute approximate surface area is 204 Å².